The quantitative estimate of drug-likeness (QED) is 0.372. The molecule has 0 radical (unpaired) electrons. The number of amides is 3. The molecule has 0 aliphatic heterocycles. The van der Waals surface area contributed by atoms with Gasteiger partial charge in [0, 0.05) is 12.6 Å². The predicted octanol–water partition coefficient (Wildman–Crippen LogP) is 4.59. The van der Waals surface area contributed by atoms with Crippen molar-refractivity contribution in [2.45, 2.75) is 105 Å². The maximum atomic E-state index is 14.4. The lowest BCUT2D eigenvalue weighted by atomic mass is 9.92. The van der Waals surface area contributed by atoms with Crippen molar-refractivity contribution in [2.24, 2.45) is 11.8 Å². The Kier molecular flexibility index (Phi) is 11.4. The van der Waals surface area contributed by atoms with E-state index in [2.05, 4.69) is 10.6 Å². The number of carbonyl (C=O) groups excluding carboxylic acids is 4. The second-order valence-corrected chi connectivity index (χ2v) is 11.6. The van der Waals surface area contributed by atoms with E-state index in [1.165, 1.54) is 0 Å². The summed E-state index contributed by atoms with van der Waals surface area (Å²) in [5.41, 5.74) is 1.90. The zero-order valence-electron chi connectivity index (χ0n) is 25.1. The Balaban J connectivity index is 2.50. The summed E-state index contributed by atoms with van der Waals surface area (Å²) in [6.07, 6.45) is 0.748. The Labute approximate surface area is 233 Å². The fourth-order valence-corrected chi connectivity index (χ4v) is 4.56. The number of carbonyl (C=O) groups is 4. The van der Waals surface area contributed by atoms with Gasteiger partial charge in [0.1, 0.15) is 17.7 Å². The molecule has 3 amide bonds. The molecule has 0 spiro atoms. The van der Waals surface area contributed by atoms with Crippen molar-refractivity contribution in [1.82, 2.24) is 15.5 Å². The van der Waals surface area contributed by atoms with E-state index in [0.717, 1.165) is 23.1 Å². The fraction of sp³-hybridized carbons (Fsp3) is 0.667. The maximum absolute atomic E-state index is 14.4. The van der Waals surface area contributed by atoms with E-state index >= 15 is 0 Å². The molecule has 1 saturated carbocycles. The molecule has 1 aliphatic carbocycles. The molecule has 1 fully saturated rings. The molecule has 1 aromatic rings. The first-order valence-electron chi connectivity index (χ1n) is 14.0. The molecule has 2 rings (SSSR count). The third-order valence-electron chi connectivity index (χ3n) is 7.23. The number of alkyl carbamates (subject to hydrolysis) is 1. The number of nitrogens with zero attached hydrogens (tertiary/aromatic N) is 1. The largest absolute Gasteiger partial charge is 0.466 e. The monoisotopic (exact) mass is 545 g/mol. The van der Waals surface area contributed by atoms with E-state index in [0.29, 0.717) is 6.42 Å². The van der Waals surface area contributed by atoms with Gasteiger partial charge in [0.05, 0.1) is 13.0 Å². The smallest absolute Gasteiger partial charge is 0.408 e. The van der Waals surface area contributed by atoms with Gasteiger partial charge in [-0.05, 0) is 76.5 Å². The average Bonchev–Trinajstić information content (AvgIpc) is 3.56. The Hall–Kier alpha value is -3.10. The molecular weight excluding hydrogens is 498 g/mol. The molecule has 9 nitrogen and oxygen atoms in total. The first kappa shape index (κ1) is 32.1. The highest BCUT2D eigenvalue weighted by Crippen LogP contribution is 2.42. The van der Waals surface area contributed by atoms with Crippen LogP contribution in [0.5, 0.6) is 0 Å². The van der Waals surface area contributed by atoms with E-state index in [9.17, 15) is 19.2 Å². The van der Waals surface area contributed by atoms with Crippen LogP contribution in [0, 0.1) is 25.7 Å². The average molecular weight is 546 g/mol. The van der Waals surface area contributed by atoms with Crippen molar-refractivity contribution in [2.75, 3.05) is 13.2 Å². The lowest BCUT2D eigenvalue weighted by molar-refractivity contribution is -0.145. The number of hydrogen-bond acceptors (Lipinski definition) is 6. The summed E-state index contributed by atoms with van der Waals surface area (Å²) in [5.74, 6) is -1.10. The Morgan fingerprint density at radius 3 is 2.31 bits per heavy atom. The summed E-state index contributed by atoms with van der Waals surface area (Å²) in [7, 11) is 0. The fourth-order valence-electron chi connectivity index (χ4n) is 4.56. The summed E-state index contributed by atoms with van der Waals surface area (Å²) < 4.78 is 10.5. The Morgan fingerprint density at radius 2 is 1.77 bits per heavy atom. The zero-order valence-corrected chi connectivity index (χ0v) is 25.1. The van der Waals surface area contributed by atoms with Crippen molar-refractivity contribution < 1.29 is 28.7 Å². The third kappa shape index (κ3) is 8.97. The minimum absolute atomic E-state index is 0.0303. The van der Waals surface area contributed by atoms with Gasteiger partial charge in [-0.1, -0.05) is 45.4 Å². The van der Waals surface area contributed by atoms with Crippen LogP contribution >= 0.6 is 0 Å². The second kappa shape index (κ2) is 13.8. The summed E-state index contributed by atoms with van der Waals surface area (Å²) in [6.45, 7) is 17.2. The maximum Gasteiger partial charge on any atom is 0.408 e. The van der Waals surface area contributed by atoms with Crippen LogP contribution in [-0.2, 0) is 23.9 Å². The number of benzene rings is 1. The van der Waals surface area contributed by atoms with E-state index < -0.39 is 29.7 Å². The highest BCUT2D eigenvalue weighted by Gasteiger charge is 2.49. The molecular formula is C30H47N3O6. The highest BCUT2D eigenvalue weighted by molar-refractivity contribution is 5.93. The molecule has 0 heterocycles. The number of hydrogen-bond donors (Lipinski definition) is 2. The number of esters is 1. The van der Waals surface area contributed by atoms with Gasteiger partial charge < -0.3 is 25.0 Å². The molecule has 0 saturated heterocycles. The summed E-state index contributed by atoms with van der Waals surface area (Å²) >= 11 is 0. The molecule has 0 aromatic heterocycles. The SMILES string of the molecule is CCOC(=O)CCNC(=O)C(c1cccc(C)c1C)N(C(=O)C(NC(=O)OC(C)(C)C)C(C)CC)C1CC1C. The second-order valence-electron chi connectivity index (χ2n) is 11.6. The summed E-state index contributed by atoms with van der Waals surface area (Å²) in [5, 5.41) is 5.66. The molecule has 5 unspecified atom stereocenters. The predicted molar refractivity (Wildman–Crippen MR) is 150 cm³/mol. The van der Waals surface area contributed by atoms with E-state index in [1.54, 1.807) is 32.6 Å². The molecule has 39 heavy (non-hydrogen) atoms. The van der Waals surface area contributed by atoms with Crippen LogP contribution in [0.15, 0.2) is 18.2 Å². The van der Waals surface area contributed by atoms with Crippen LogP contribution in [0.1, 0.15) is 90.5 Å². The van der Waals surface area contributed by atoms with Crippen molar-refractivity contribution in [1.29, 1.82) is 0 Å². The number of rotatable bonds is 12. The standard InChI is InChI=1S/C30H47N3O6/c1-10-18(3)25(32-29(37)39-30(7,8)9)28(36)33(23-17-20(23)5)26(22-14-12-13-19(4)21(22)6)27(35)31-16-15-24(34)38-11-2/h12-14,18,20,23,25-26H,10-11,15-17H2,1-9H3,(H,31,35)(H,32,37). The van der Waals surface area contributed by atoms with Crippen LogP contribution in [0.2, 0.25) is 0 Å². The van der Waals surface area contributed by atoms with Gasteiger partial charge in [0.25, 0.3) is 0 Å². The number of nitrogens with one attached hydrogen (secondary N) is 2. The van der Waals surface area contributed by atoms with Crippen LogP contribution in [0.4, 0.5) is 4.79 Å². The van der Waals surface area contributed by atoms with Gasteiger partial charge in [-0.2, -0.15) is 0 Å². The van der Waals surface area contributed by atoms with Crippen molar-refractivity contribution in [3.63, 3.8) is 0 Å². The van der Waals surface area contributed by atoms with Gasteiger partial charge in [0.15, 0.2) is 0 Å². The van der Waals surface area contributed by atoms with Gasteiger partial charge in [-0.15, -0.1) is 0 Å². The lowest BCUT2D eigenvalue weighted by Gasteiger charge is -2.37. The molecule has 218 valence electrons. The molecule has 1 aliphatic rings. The van der Waals surface area contributed by atoms with Crippen LogP contribution in [0.3, 0.4) is 0 Å². The first-order valence-corrected chi connectivity index (χ1v) is 14.0. The first-order chi connectivity index (χ1) is 18.2. The Morgan fingerprint density at radius 1 is 1.13 bits per heavy atom. The zero-order chi connectivity index (χ0) is 29.5. The van der Waals surface area contributed by atoms with Crippen LogP contribution < -0.4 is 10.6 Å². The number of ether oxygens (including phenoxy) is 2. The lowest BCUT2D eigenvalue weighted by Crippen LogP contribution is -2.56. The van der Waals surface area contributed by atoms with Crippen molar-refractivity contribution in [3.8, 4) is 0 Å². The van der Waals surface area contributed by atoms with Gasteiger partial charge in [0.2, 0.25) is 11.8 Å². The minimum atomic E-state index is -0.929. The molecule has 1 aromatic carbocycles. The van der Waals surface area contributed by atoms with Gasteiger partial charge in [-0.3, -0.25) is 14.4 Å². The topological polar surface area (TPSA) is 114 Å². The normalized spacial score (nSPS) is 18.8. The van der Waals surface area contributed by atoms with E-state index in [1.807, 2.05) is 52.8 Å². The van der Waals surface area contributed by atoms with Gasteiger partial charge in [-0.25, -0.2) is 4.79 Å². The van der Waals surface area contributed by atoms with Crippen molar-refractivity contribution >= 4 is 23.9 Å². The van der Waals surface area contributed by atoms with E-state index in [4.69, 9.17) is 9.47 Å². The van der Waals surface area contributed by atoms with Crippen LogP contribution in [0.25, 0.3) is 0 Å². The van der Waals surface area contributed by atoms with E-state index in [-0.39, 0.29) is 49.3 Å². The number of aryl methyl sites for hydroxylation is 1. The highest BCUT2D eigenvalue weighted by atomic mass is 16.6. The van der Waals surface area contributed by atoms with Gasteiger partial charge >= 0.3 is 12.1 Å². The summed E-state index contributed by atoms with van der Waals surface area (Å²) in [6, 6.07) is 3.74. The Bertz CT molecular complexity index is 1030. The van der Waals surface area contributed by atoms with Crippen LogP contribution in [-0.4, -0.2) is 59.6 Å². The summed E-state index contributed by atoms with van der Waals surface area (Å²) in [4.78, 5) is 54.5. The minimum Gasteiger partial charge on any atom is -0.466 e. The third-order valence-corrected chi connectivity index (χ3v) is 7.23. The molecule has 2 N–H and O–H groups in total. The molecule has 5 atom stereocenters. The van der Waals surface area contributed by atoms with Crippen molar-refractivity contribution in [3.05, 3.63) is 34.9 Å². The molecule has 9 heteroatoms. The molecule has 0 bridgehead atoms.